The van der Waals surface area contributed by atoms with Crippen LogP contribution in [0.15, 0.2) is 0 Å². The zero-order valence-corrected chi connectivity index (χ0v) is 9.01. The summed E-state index contributed by atoms with van der Waals surface area (Å²) in [6, 6.07) is 0. The van der Waals surface area contributed by atoms with E-state index >= 15 is 0 Å². The van der Waals surface area contributed by atoms with Crippen molar-refractivity contribution in [1.29, 1.82) is 0 Å². The molecule has 74 valence electrons. The Kier molecular flexibility index (Phi) is 9.72. The monoisotopic (exact) mass is 238 g/mol. The molecule has 0 fully saturated rings. The molecule has 0 N–H and O–H groups in total. The van der Waals surface area contributed by atoms with Crippen LogP contribution in [0.5, 0.6) is 0 Å². The largest absolute Gasteiger partial charge is 0.466 e. The lowest BCUT2D eigenvalue weighted by molar-refractivity contribution is -0.140. The number of ether oxygens (including phenoxy) is 1. The lowest BCUT2D eigenvalue weighted by Gasteiger charge is -1.98. The summed E-state index contributed by atoms with van der Waals surface area (Å²) in [6.07, 6.45) is 0. The number of esters is 1. The molecule has 2 nitrogen and oxygen atoms in total. The first kappa shape index (κ1) is 14.8. The van der Waals surface area contributed by atoms with Gasteiger partial charge in [-0.15, -0.1) is 11.6 Å². The van der Waals surface area contributed by atoms with Crippen molar-refractivity contribution in [2.75, 3.05) is 12.5 Å². The van der Waals surface area contributed by atoms with E-state index in [1.165, 1.54) is 6.92 Å². The van der Waals surface area contributed by atoms with Crippen LogP contribution in [-0.4, -0.2) is 23.0 Å². The quantitative estimate of drug-likeness (QED) is 0.547. The van der Waals surface area contributed by atoms with Gasteiger partial charge in [-0.05, 0) is 6.92 Å². The van der Waals surface area contributed by atoms with Crippen LogP contribution >= 0.6 is 34.8 Å². The van der Waals surface area contributed by atoms with Crippen molar-refractivity contribution in [3.05, 3.63) is 0 Å². The van der Waals surface area contributed by atoms with Crippen molar-refractivity contribution < 1.29 is 13.9 Å². The molecule has 0 radical (unpaired) electrons. The SMILES string of the molecule is CCOC(C)=O.FC(Cl)(Cl)CCl. The van der Waals surface area contributed by atoms with Gasteiger partial charge in [0.05, 0.1) is 12.5 Å². The van der Waals surface area contributed by atoms with Gasteiger partial charge in [-0.25, -0.2) is 4.39 Å². The first-order chi connectivity index (χ1) is 5.33. The van der Waals surface area contributed by atoms with Gasteiger partial charge in [-0.2, -0.15) is 0 Å². The highest BCUT2D eigenvalue weighted by Crippen LogP contribution is 2.22. The molecule has 0 aromatic rings. The Labute approximate surface area is 85.9 Å². The van der Waals surface area contributed by atoms with Crippen LogP contribution in [0.4, 0.5) is 4.39 Å². The van der Waals surface area contributed by atoms with E-state index in [0.29, 0.717) is 6.61 Å². The third-order valence-corrected chi connectivity index (χ3v) is 1.41. The Morgan fingerprint density at radius 3 is 1.92 bits per heavy atom. The van der Waals surface area contributed by atoms with Crippen LogP contribution in [0.1, 0.15) is 13.8 Å². The second kappa shape index (κ2) is 7.90. The van der Waals surface area contributed by atoms with Gasteiger partial charge in [-0.3, -0.25) is 4.79 Å². The van der Waals surface area contributed by atoms with Gasteiger partial charge in [0.25, 0.3) is 4.59 Å². The van der Waals surface area contributed by atoms with Gasteiger partial charge in [0.15, 0.2) is 0 Å². The maximum absolute atomic E-state index is 11.5. The van der Waals surface area contributed by atoms with E-state index in [9.17, 15) is 9.18 Å². The Morgan fingerprint density at radius 2 is 1.92 bits per heavy atom. The van der Waals surface area contributed by atoms with Crippen molar-refractivity contribution in [2.24, 2.45) is 0 Å². The van der Waals surface area contributed by atoms with Crippen molar-refractivity contribution in [1.82, 2.24) is 0 Å². The minimum absolute atomic E-state index is 0.211. The molecule has 0 spiro atoms. The molecule has 0 unspecified atom stereocenters. The minimum atomic E-state index is -2.25. The highest BCUT2D eigenvalue weighted by Gasteiger charge is 2.18. The Hall–Kier alpha value is 0.270. The molecule has 0 aliphatic heterocycles. The van der Waals surface area contributed by atoms with E-state index in [4.69, 9.17) is 11.6 Å². The topological polar surface area (TPSA) is 26.3 Å². The normalized spacial score (nSPS) is 9.83. The highest BCUT2D eigenvalue weighted by atomic mass is 35.5. The number of halogens is 4. The number of hydrogen-bond donors (Lipinski definition) is 0. The first-order valence-electron chi connectivity index (χ1n) is 3.09. The second-order valence-electron chi connectivity index (χ2n) is 1.67. The summed E-state index contributed by atoms with van der Waals surface area (Å²) < 4.78 is 13.7. The van der Waals surface area contributed by atoms with E-state index in [2.05, 4.69) is 27.9 Å². The van der Waals surface area contributed by atoms with Gasteiger partial charge in [0.1, 0.15) is 0 Å². The fourth-order valence-electron chi connectivity index (χ4n) is 0.203. The molecule has 0 aliphatic rings. The van der Waals surface area contributed by atoms with Crippen LogP contribution in [0.3, 0.4) is 0 Å². The van der Waals surface area contributed by atoms with Crippen molar-refractivity contribution in [3.63, 3.8) is 0 Å². The predicted molar refractivity (Wildman–Crippen MR) is 48.6 cm³/mol. The second-order valence-corrected chi connectivity index (χ2v) is 3.33. The van der Waals surface area contributed by atoms with Crippen LogP contribution in [0, 0.1) is 0 Å². The summed E-state index contributed by atoms with van der Waals surface area (Å²) >= 11 is 14.2. The van der Waals surface area contributed by atoms with Gasteiger partial charge < -0.3 is 4.74 Å². The maximum Gasteiger partial charge on any atom is 0.302 e. The van der Waals surface area contributed by atoms with E-state index in [-0.39, 0.29) is 5.97 Å². The van der Waals surface area contributed by atoms with Crippen LogP contribution in [-0.2, 0) is 9.53 Å². The predicted octanol–water partition coefficient (Wildman–Crippen LogP) is 2.90. The molecule has 0 saturated carbocycles. The number of alkyl halides is 4. The summed E-state index contributed by atoms with van der Waals surface area (Å²) in [7, 11) is 0. The average molecular weight is 240 g/mol. The van der Waals surface area contributed by atoms with Gasteiger partial charge in [-0.1, -0.05) is 23.2 Å². The Bertz CT molecular complexity index is 124. The molecule has 0 aliphatic carbocycles. The first-order valence-corrected chi connectivity index (χ1v) is 4.38. The number of carbonyl (C=O) groups is 1. The molecular formula is C6H10Cl3FO2. The molecule has 0 saturated heterocycles. The molecule has 0 aromatic heterocycles. The van der Waals surface area contributed by atoms with Crippen LogP contribution in [0.2, 0.25) is 0 Å². The number of rotatable bonds is 2. The van der Waals surface area contributed by atoms with Gasteiger partial charge in [0, 0.05) is 6.92 Å². The summed E-state index contributed by atoms with van der Waals surface area (Å²) in [6.45, 7) is 3.65. The lowest BCUT2D eigenvalue weighted by atomic mass is 10.8. The van der Waals surface area contributed by atoms with Gasteiger partial charge >= 0.3 is 5.97 Å². The smallest absolute Gasteiger partial charge is 0.302 e. The highest BCUT2D eigenvalue weighted by molar-refractivity contribution is 6.50. The minimum Gasteiger partial charge on any atom is -0.466 e. The molecular weight excluding hydrogens is 229 g/mol. The average Bonchev–Trinajstić information content (AvgIpc) is 1.87. The molecule has 0 aromatic carbocycles. The summed E-state index contributed by atoms with van der Waals surface area (Å²) in [5.74, 6) is -0.603. The van der Waals surface area contributed by atoms with Crippen molar-refractivity contribution >= 4 is 40.8 Å². The van der Waals surface area contributed by atoms with E-state index in [0.717, 1.165) is 0 Å². The van der Waals surface area contributed by atoms with Crippen LogP contribution < -0.4 is 0 Å². The zero-order valence-electron chi connectivity index (χ0n) is 6.74. The molecule has 12 heavy (non-hydrogen) atoms. The summed E-state index contributed by atoms with van der Waals surface area (Å²) in [4.78, 5) is 9.82. The number of hydrogen-bond acceptors (Lipinski definition) is 2. The van der Waals surface area contributed by atoms with E-state index in [1.807, 2.05) is 0 Å². The molecule has 0 amide bonds. The fourth-order valence-corrected chi connectivity index (χ4v) is 0.203. The Morgan fingerprint density at radius 1 is 1.58 bits per heavy atom. The standard InChI is InChI=1S/C4H8O2.C2H2Cl3F/c1-3-6-4(2)5;3-1-2(4,5)6/h3H2,1-2H3;1H2. The van der Waals surface area contributed by atoms with Gasteiger partial charge in [0.2, 0.25) is 0 Å². The van der Waals surface area contributed by atoms with Crippen molar-refractivity contribution in [2.45, 2.75) is 18.4 Å². The Balaban J connectivity index is 0. The fraction of sp³-hybridized carbons (Fsp3) is 0.833. The molecule has 0 atom stereocenters. The molecule has 0 rings (SSSR count). The molecule has 0 heterocycles. The summed E-state index contributed by atoms with van der Waals surface area (Å²) in [5, 5.41) is 0. The van der Waals surface area contributed by atoms with Crippen molar-refractivity contribution in [3.8, 4) is 0 Å². The lowest BCUT2D eigenvalue weighted by Crippen LogP contribution is -2.03. The third kappa shape index (κ3) is 22.4. The molecule has 0 bridgehead atoms. The maximum atomic E-state index is 11.5. The zero-order chi connectivity index (χ0) is 10.2. The number of carbonyl (C=O) groups excluding carboxylic acids is 1. The molecule has 6 heteroatoms. The summed E-state index contributed by atoms with van der Waals surface area (Å²) in [5.41, 5.74) is 0. The van der Waals surface area contributed by atoms with E-state index in [1.54, 1.807) is 6.92 Å². The van der Waals surface area contributed by atoms with Crippen LogP contribution in [0.25, 0.3) is 0 Å². The third-order valence-electron chi connectivity index (χ3n) is 0.499. The van der Waals surface area contributed by atoms with E-state index < -0.39 is 10.5 Å².